The Morgan fingerprint density at radius 1 is 1.15 bits per heavy atom. The molecular formula is C12H23N5O2S. The summed E-state index contributed by atoms with van der Waals surface area (Å²) in [6, 6.07) is -0.234. The van der Waals surface area contributed by atoms with Crippen LogP contribution in [0.2, 0.25) is 0 Å². The van der Waals surface area contributed by atoms with Gasteiger partial charge >= 0.3 is 6.03 Å². The van der Waals surface area contributed by atoms with Gasteiger partial charge in [-0.1, -0.05) is 0 Å². The van der Waals surface area contributed by atoms with Crippen molar-refractivity contribution in [2.24, 2.45) is 0 Å². The molecule has 0 spiro atoms. The normalized spacial score (nSPS) is 15.2. The zero-order valence-corrected chi connectivity index (χ0v) is 13.9. The summed E-state index contributed by atoms with van der Waals surface area (Å²) in [4.78, 5) is 26.9. The zero-order chi connectivity index (χ0) is 15.7. The predicted octanol–water partition coefficient (Wildman–Crippen LogP) is 1.72. The van der Waals surface area contributed by atoms with E-state index in [1.165, 1.54) is 14.8 Å². The van der Waals surface area contributed by atoms with E-state index in [2.05, 4.69) is 5.53 Å². The van der Waals surface area contributed by atoms with Crippen LogP contribution < -0.4 is 5.53 Å². The molecular weight excluding hydrogens is 278 g/mol. The highest BCUT2D eigenvalue weighted by molar-refractivity contribution is 8.16. The molecule has 0 aliphatic carbocycles. The lowest BCUT2D eigenvalue weighted by Gasteiger charge is -2.33. The highest BCUT2D eigenvalue weighted by Gasteiger charge is 2.34. The summed E-state index contributed by atoms with van der Waals surface area (Å²) < 4.78 is 0. The molecule has 3 amide bonds. The number of nitrogens with zero attached hydrogens (tertiary/aromatic N) is 4. The van der Waals surface area contributed by atoms with Gasteiger partial charge in [0.05, 0.1) is 6.20 Å². The summed E-state index contributed by atoms with van der Waals surface area (Å²) in [5.41, 5.74) is 2.78. The number of amides is 3. The van der Waals surface area contributed by atoms with Gasteiger partial charge in [0.2, 0.25) is 0 Å². The number of rotatable bonds is 1. The molecule has 1 N–H and O–H groups in total. The topological polar surface area (TPSA) is 59.1 Å². The molecule has 1 rings (SSSR count). The van der Waals surface area contributed by atoms with Gasteiger partial charge in [0.15, 0.2) is 0 Å². The fourth-order valence-electron chi connectivity index (χ4n) is 1.29. The van der Waals surface area contributed by atoms with Gasteiger partial charge in [-0.2, -0.15) is 0 Å². The maximum Gasteiger partial charge on any atom is 0.340 e. The minimum atomic E-state index is -0.234. The second-order valence-electron chi connectivity index (χ2n) is 5.88. The SMILES string of the molecule is CN(C)C(=O)SC1=CN(C(C)(C)C)NN1C(=O)N(C)C. The van der Waals surface area contributed by atoms with Crippen molar-refractivity contribution in [3.63, 3.8) is 0 Å². The minimum Gasteiger partial charge on any atom is -0.339 e. The van der Waals surface area contributed by atoms with Crippen molar-refractivity contribution >= 4 is 23.0 Å². The molecule has 0 aromatic carbocycles. The summed E-state index contributed by atoms with van der Waals surface area (Å²) in [6.45, 7) is 6.03. The number of hydrogen-bond donors (Lipinski definition) is 1. The number of urea groups is 1. The average Bonchev–Trinajstić information content (AvgIpc) is 2.71. The van der Waals surface area contributed by atoms with Crippen LogP contribution in [0.5, 0.6) is 0 Å². The average molecular weight is 301 g/mol. The summed E-state index contributed by atoms with van der Waals surface area (Å²) in [5, 5.41) is 3.60. The first-order chi connectivity index (χ1) is 9.04. The van der Waals surface area contributed by atoms with Crippen molar-refractivity contribution in [2.45, 2.75) is 26.3 Å². The monoisotopic (exact) mass is 301 g/mol. The molecule has 8 heteroatoms. The van der Waals surface area contributed by atoms with Crippen LogP contribution in [0.15, 0.2) is 11.2 Å². The largest absolute Gasteiger partial charge is 0.340 e. The van der Waals surface area contributed by atoms with Crippen LogP contribution in [0.3, 0.4) is 0 Å². The van der Waals surface area contributed by atoms with Gasteiger partial charge in [0.1, 0.15) is 5.03 Å². The lowest BCUT2D eigenvalue weighted by molar-refractivity contribution is 0.0680. The van der Waals surface area contributed by atoms with Crippen molar-refractivity contribution in [1.82, 2.24) is 25.4 Å². The molecule has 0 aromatic rings. The summed E-state index contributed by atoms with van der Waals surface area (Å²) in [5.74, 6) is 0. The van der Waals surface area contributed by atoms with Crippen LogP contribution in [0.4, 0.5) is 9.59 Å². The molecule has 0 saturated carbocycles. The van der Waals surface area contributed by atoms with Crippen LogP contribution >= 0.6 is 11.8 Å². The fraction of sp³-hybridized carbons (Fsp3) is 0.667. The maximum absolute atomic E-state index is 12.2. The lowest BCUT2D eigenvalue weighted by atomic mass is 10.1. The van der Waals surface area contributed by atoms with Crippen LogP contribution in [-0.4, -0.2) is 64.8 Å². The first-order valence-corrected chi connectivity index (χ1v) is 7.03. The highest BCUT2D eigenvalue weighted by Crippen LogP contribution is 2.29. The van der Waals surface area contributed by atoms with Gasteiger partial charge in [-0.3, -0.25) is 9.80 Å². The molecule has 0 aromatic heterocycles. The third-order valence-corrected chi connectivity index (χ3v) is 3.56. The van der Waals surface area contributed by atoms with Gasteiger partial charge < -0.3 is 9.80 Å². The van der Waals surface area contributed by atoms with E-state index in [-0.39, 0.29) is 16.8 Å². The quantitative estimate of drug-likeness (QED) is 0.799. The molecule has 20 heavy (non-hydrogen) atoms. The van der Waals surface area contributed by atoms with Gasteiger partial charge in [-0.25, -0.2) is 9.80 Å². The van der Waals surface area contributed by atoms with E-state index in [4.69, 9.17) is 0 Å². The number of carbonyl (C=O) groups excluding carboxylic acids is 2. The third-order valence-electron chi connectivity index (χ3n) is 2.52. The van der Waals surface area contributed by atoms with Crippen molar-refractivity contribution < 1.29 is 9.59 Å². The number of hydrazine groups is 2. The maximum atomic E-state index is 12.2. The molecule has 1 heterocycles. The van der Waals surface area contributed by atoms with Crippen molar-refractivity contribution in [1.29, 1.82) is 0 Å². The van der Waals surface area contributed by atoms with E-state index >= 15 is 0 Å². The van der Waals surface area contributed by atoms with Crippen molar-refractivity contribution in [3.8, 4) is 0 Å². The van der Waals surface area contributed by atoms with Gasteiger partial charge in [0.25, 0.3) is 5.24 Å². The first kappa shape index (κ1) is 16.6. The fourth-order valence-corrected chi connectivity index (χ4v) is 2.02. The molecule has 7 nitrogen and oxygen atoms in total. The minimum absolute atomic E-state index is 0.134. The van der Waals surface area contributed by atoms with Crippen LogP contribution in [-0.2, 0) is 0 Å². The smallest absolute Gasteiger partial charge is 0.339 e. The summed E-state index contributed by atoms with van der Waals surface area (Å²) >= 11 is 1.01. The Morgan fingerprint density at radius 3 is 2.10 bits per heavy atom. The standard InChI is InChI=1S/C12H23N5O2S/c1-12(2,3)16-8-9(20-11(19)15(6)7)17(13-16)10(18)14(4)5/h8,13H,1-7H3. The Labute approximate surface area is 124 Å². The zero-order valence-electron chi connectivity index (χ0n) is 13.1. The number of hydrogen-bond acceptors (Lipinski definition) is 5. The summed E-state index contributed by atoms with van der Waals surface area (Å²) in [6.07, 6.45) is 1.77. The second kappa shape index (κ2) is 5.92. The van der Waals surface area contributed by atoms with Crippen molar-refractivity contribution in [3.05, 3.63) is 11.2 Å². The van der Waals surface area contributed by atoms with Crippen molar-refractivity contribution in [2.75, 3.05) is 28.2 Å². The van der Waals surface area contributed by atoms with E-state index in [0.717, 1.165) is 11.8 Å². The van der Waals surface area contributed by atoms with Gasteiger partial charge in [-0.15, -0.1) is 5.53 Å². The molecule has 0 saturated heterocycles. The van der Waals surface area contributed by atoms with E-state index in [0.29, 0.717) is 5.03 Å². The molecule has 0 fully saturated rings. The van der Waals surface area contributed by atoms with Crippen LogP contribution in [0.25, 0.3) is 0 Å². The summed E-state index contributed by atoms with van der Waals surface area (Å²) in [7, 11) is 6.69. The van der Waals surface area contributed by atoms with Crippen LogP contribution in [0.1, 0.15) is 20.8 Å². The molecule has 114 valence electrons. The molecule has 0 unspecified atom stereocenters. The second-order valence-corrected chi connectivity index (χ2v) is 6.85. The number of nitrogens with one attached hydrogen (secondary N) is 1. The van der Waals surface area contributed by atoms with E-state index in [1.807, 2.05) is 20.8 Å². The number of thioether (sulfide) groups is 1. The Hall–Kier alpha value is -1.41. The Kier molecular flexibility index (Phi) is 4.93. The van der Waals surface area contributed by atoms with E-state index < -0.39 is 0 Å². The molecule has 0 radical (unpaired) electrons. The molecule has 1 aliphatic rings. The Bertz CT molecular complexity index is 428. The highest BCUT2D eigenvalue weighted by atomic mass is 32.2. The Morgan fingerprint density at radius 2 is 1.70 bits per heavy atom. The molecule has 0 bridgehead atoms. The van der Waals surface area contributed by atoms with Crippen LogP contribution in [0, 0.1) is 0 Å². The first-order valence-electron chi connectivity index (χ1n) is 6.22. The molecule has 1 aliphatic heterocycles. The molecule has 0 atom stereocenters. The Balaban J connectivity index is 2.98. The predicted molar refractivity (Wildman–Crippen MR) is 80.4 cm³/mol. The van der Waals surface area contributed by atoms with Gasteiger partial charge in [-0.05, 0) is 32.5 Å². The van der Waals surface area contributed by atoms with E-state index in [1.54, 1.807) is 39.4 Å². The van der Waals surface area contributed by atoms with E-state index in [9.17, 15) is 9.59 Å². The number of carbonyl (C=O) groups is 2. The lowest BCUT2D eigenvalue weighted by Crippen LogP contribution is -2.53. The third kappa shape index (κ3) is 3.80. The van der Waals surface area contributed by atoms with Gasteiger partial charge in [0, 0.05) is 33.7 Å².